The lowest BCUT2D eigenvalue weighted by molar-refractivity contribution is -0.0190. The van der Waals surface area contributed by atoms with Crippen molar-refractivity contribution in [3.05, 3.63) is 12.1 Å². The van der Waals surface area contributed by atoms with Gasteiger partial charge in [0.05, 0.1) is 32.0 Å². The molecular weight excluding hydrogens is 485 g/mol. The summed E-state index contributed by atoms with van der Waals surface area (Å²) in [7, 11) is 2.69. The topological polar surface area (TPSA) is 75.7 Å². The number of rotatable bonds is 6. The first-order valence-corrected chi connectivity index (χ1v) is 13.6. The number of ether oxygens (including phenoxy) is 4. The Bertz CT molecular complexity index is 955. The average molecular weight is 534 g/mol. The molecule has 0 aliphatic carbocycles. The first kappa shape index (κ1) is 30.4. The standard InChI is InChI=1S/C29H48BNO7/c1-26(2,3)23-15-19(13-14-31(23)25(32)36-27(4,5)6)18-35-24-21(33-11)16-20(17-22(24)34-12)30-37-28(7,8)29(9,10)38-30/h16-17,19,23H,13-15,18H2,1-12H3. The van der Waals surface area contributed by atoms with Crippen LogP contribution in [0.1, 0.15) is 82.1 Å². The molecule has 0 spiro atoms. The molecule has 0 aromatic heterocycles. The van der Waals surface area contributed by atoms with Gasteiger partial charge >= 0.3 is 13.2 Å². The number of hydrogen-bond acceptors (Lipinski definition) is 7. The lowest BCUT2D eigenvalue weighted by Crippen LogP contribution is -2.53. The van der Waals surface area contributed by atoms with Crippen LogP contribution in [0.4, 0.5) is 4.79 Å². The summed E-state index contributed by atoms with van der Waals surface area (Å²) in [4.78, 5) is 14.9. The highest BCUT2D eigenvalue weighted by molar-refractivity contribution is 6.62. The van der Waals surface area contributed by atoms with Gasteiger partial charge in [0.15, 0.2) is 11.5 Å². The van der Waals surface area contributed by atoms with E-state index in [1.165, 1.54) is 0 Å². The molecule has 214 valence electrons. The summed E-state index contributed by atoms with van der Waals surface area (Å²) in [6.07, 6.45) is 1.39. The van der Waals surface area contributed by atoms with E-state index >= 15 is 0 Å². The zero-order chi connectivity index (χ0) is 28.7. The highest BCUT2D eigenvalue weighted by Gasteiger charge is 2.52. The van der Waals surface area contributed by atoms with Crippen molar-refractivity contribution in [1.29, 1.82) is 0 Å². The van der Waals surface area contributed by atoms with E-state index in [1.807, 2.05) is 65.5 Å². The number of carbonyl (C=O) groups excluding carboxylic acids is 1. The molecule has 38 heavy (non-hydrogen) atoms. The van der Waals surface area contributed by atoms with Crippen molar-refractivity contribution in [1.82, 2.24) is 4.90 Å². The van der Waals surface area contributed by atoms with E-state index in [4.69, 9.17) is 28.3 Å². The van der Waals surface area contributed by atoms with Gasteiger partial charge in [0.2, 0.25) is 5.75 Å². The van der Waals surface area contributed by atoms with Crippen LogP contribution in [-0.2, 0) is 14.0 Å². The fourth-order valence-corrected chi connectivity index (χ4v) is 4.91. The summed E-state index contributed by atoms with van der Waals surface area (Å²) >= 11 is 0. The van der Waals surface area contributed by atoms with Crippen molar-refractivity contribution in [3.63, 3.8) is 0 Å². The molecule has 2 saturated heterocycles. The van der Waals surface area contributed by atoms with Crippen LogP contribution in [0.15, 0.2) is 12.1 Å². The lowest BCUT2D eigenvalue weighted by atomic mass is 9.77. The Morgan fingerprint density at radius 1 is 1.00 bits per heavy atom. The largest absolute Gasteiger partial charge is 0.495 e. The van der Waals surface area contributed by atoms with E-state index in [1.54, 1.807) is 14.2 Å². The molecule has 0 N–H and O–H groups in total. The molecule has 2 heterocycles. The molecule has 9 heteroatoms. The number of benzene rings is 1. The number of carbonyl (C=O) groups is 1. The molecule has 2 aliphatic heterocycles. The van der Waals surface area contributed by atoms with Crippen LogP contribution in [0.5, 0.6) is 17.2 Å². The van der Waals surface area contributed by atoms with Gasteiger partial charge in [-0.3, -0.25) is 0 Å². The summed E-state index contributed by atoms with van der Waals surface area (Å²) in [5, 5.41) is 0. The first-order valence-electron chi connectivity index (χ1n) is 13.6. The van der Waals surface area contributed by atoms with Crippen LogP contribution in [0, 0.1) is 11.3 Å². The van der Waals surface area contributed by atoms with Crippen LogP contribution in [0.2, 0.25) is 0 Å². The third-order valence-electron chi connectivity index (χ3n) is 7.81. The van der Waals surface area contributed by atoms with Crippen molar-refractivity contribution >= 4 is 18.7 Å². The maximum absolute atomic E-state index is 13.0. The summed E-state index contributed by atoms with van der Waals surface area (Å²) in [6, 6.07) is 3.82. The van der Waals surface area contributed by atoms with Gasteiger partial charge in [0.1, 0.15) is 5.60 Å². The maximum atomic E-state index is 13.0. The molecule has 1 amide bonds. The second-order valence-electron chi connectivity index (χ2n) is 13.6. The van der Waals surface area contributed by atoms with E-state index in [0.717, 1.165) is 18.3 Å². The minimum absolute atomic E-state index is 0.0363. The number of amides is 1. The molecule has 0 radical (unpaired) electrons. The van der Waals surface area contributed by atoms with Gasteiger partial charge in [-0.15, -0.1) is 0 Å². The quantitative estimate of drug-likeness (QED) is 0.451. The Balaban J connectivity index is 1.76. The third-order valence-corrected chi connectivity index (χ3v) is 7.81. The monoisotopic (exact) mass is 533 g/mol. The lowest BCUT2D eigenvalue weighted by Gasteiger charge is -2.45. The zero-order valence-corrected chi connectivity index (χ0v) is 25.5. The molecule has 8 nitrogen and oxygen atoms in total. The highest BCUT2D eigenvalue weighted by atomic mass is 16.7. The molecule has 3 rings (SSSR count). The second kappa shape index (κ2) is 10.8. The van der Waals surface area contributed by atoms with E-state index in [-0.39, 0.29) is 23.5 Å². The van der Waals surface area contributed by atoms with Crippen LogP contribution >= 0.6 is 0 Å². The van der Waals surface area contributed by atoms with Gasteiger partial charge in [-0.1, -0.05) is 20.8 Å². The minimum atomic E-state index is -0.540. The van der Waals surface area contributed by atoms with Crippen LogP contribution in [0.3, 0.4) is 0 Å². The van der Waals surface area contributed by atoms with Crippen molar-refractivity contribution in [2.45, 2.75) is 105 Å². The second-order valence-corrected chi connectivity index (χ2v) is 13.6. The summed E-state index contributed by atoms with van der Waals surface area (Å²) < 4.78 is 36.0. The molecule has 1 aromatic rings. The zero-order valence-electron chi connectivity index (χ0n) is 25.5. The number of hydrogen-bond donors (Lipinski definition) is 0. The van der Waals surface area contributed by atoms with Crippen LogP contribution in [-0.4, -0.2) is 68.3 Å². The molecule has 1 aromatic carbocycles. The van der Waals surface area contributed by atoms with Crippen molar-refractivity contribution in [3.8, 4) is 17.2 Å². The number of nitrogens with zero attached hydrogens (tertiary/aromatic N) is 1. The van der Waals surface area contributed by atoms with E-state index in [0.29, 0.717) is 30.4 Å². The van der Waals surface area contributed by atoms with Gasteiger partial charge in [-0.25, -0.2) is 4.79 Å². The van der Waals surface area contributed by atoms with Crippen molar-refractivity contribution in [2.75, 3.05) is 27.4 Å². The SMILES string of the molecule is COc1cc(B2OC(C)(C)C(C)(C)O2)cc(OC)c1OCC1CCN(C(=O)OC(C)(C)C)C(C(C)(C)C)C1. The van der Waals surface area contributed by atoms with Gasteiger partial charge in [0, 0.05) is 12.6 Å². The van der Waals surface area contributed by atoms with Crippen LogP contribution < -0.4 is 19.7 Å². The fraction of sp³-hybridized carbons (Fsp3) is 0.759. The van der Waals surface area contributed by atoms with Crippen molar-refractivity contribution in [2.24, 2.45) is 11.3 Å². The highest BCUT2D eigenvalue weighted by Crippen LogP contribution is 2.41. The first-order chi connectivity index (χ1) is 17.4. The van der Waals surface area contributed by atoms with E-state index in [9.17, 15) is 4.79 Å². The fourth-order valence-electron chi connectivity index (χ4n) is 4.91. The summed E-state index contributed by atoms with van der Waals surface area (Å²) in [6.45, 7) is 21.4. The normalized spacial score (nSPS) is 23.3. The third kappa shape index (κ3) is 6.71. The molecule has 2 aliphatic rings. The van der Waals surface area contributed by atoms with E-state index < -0.39 is 23.9 Å². The molecule has 2 unspecified atom stereocenters. The van der Waals surface area contributed by atoms with Gasteiger partial charge in [-0.2, -0.15) is 0 Å². The maximum Gasteiger partial charge on any atom is 0.495 e. The Morgan fingerprint density at radius 2 is 1.53 bits per heavy atom. The number of likely N-dealkylation sites (tertiary alicyclic amines) is 1. The number of methoxy groups -OCH3 is 2. The van der Waals surface area contributed by atoms with Gasteiger partial charge < -0.3 is 33.2 Å². The van der Waals surface area contributed by atoms with Gasteiger partial charge in [-0.05, 0) is 90.2 Å². The molecule has 0 bridgehead atoms. The van der Waals surface area contributed by atoms with Crippen molar-refractivity contribution < 1.29 is 33.1 Å². The minimum Gasteiger partial charge on any atom is -0.493 e. The van der Waals surface area contributed by atoms with Gasteiger partial charge in [0.25, 0.3) is 0 Å². The molecule has 2 atom stereocenters. The number of piperidine rings is 1. The Labute approximate surface area is 229 Å². The average Bonchev–Trinajstić information content (AvgIpc) is 3.01. The Morgan fingerprint density at radius 3 is 1.97 bits per heavy atom. The molecular formula is C29H48BNO7. The smallest absolute Gasteiger partial charge is 0.493 e. The van der Waals surface area contributed by atoms with Crippen LogP contribution in [0.25, 0.3) is 0 Å². The summed E-state index contributed by atoms with van der Waals surface area (Å²) in [5.41, 5.74) is -0.729. The van der Waals surface area contributed by atoms with E-state index in [2.05, 4.69) is 20.8 Å². The summed E-state index contributed by atoms with van der Waals surface area (Å²) in [5.74, 6) is 1.94. The molecule has 0 saturated carbocycles. The predicted molar refractivity (Wildman–Crippen MR) is 150 cm³/mol. The Hall–Kier alpha value is -2.13. The predicted octanol–water partition coefficient (Wildman–Crippen LogP) is 5.44. The molecule has 2 fully saturated rings. The Kier molecular flexibility index (Phi) is 8.64.